The van der Waals surface area contributed by atoms with Gasteiger partial charge in [-0.05, 0) is 32.1 Å². The molecule has 0 spiro atoms. The fourth-order valence-corrected chi connectivity index (χ4v) is 2.23. The highest BCUT2D eigenvalue weighted by atomic mass is 16.1. The molecule has 4 heteroatoms. The Hall–Kier alpha value is -1.58. The van der Waals surface area contributed by atoms with Crippen LogP contribution in [-0.2, 0) is 4.79 Å². The lowest BCUT2D eigenvalue weighted by Gasteiger charge is -2.15. The first-order chi connectivity index (χ1) is 8.70. The third kappa shape index (κ3) is 3.00. The molecule has 1 aromatic rings. The van der Waals surface area contributed by atoms with Crippen molar-refractivity contribution in [2.75, 3.05) is 5.32 Å². The number of carbonyl (C=O) groups is 1. The third-order valence-corrected chi connectivity index (χ3v) is 3.51. The van der Waals surface area contributed by atoms with E-state index in [0.29, 0.717) is 18.4 Å². The predicted molar refractivity (Wildman–Crippen MR) is 72.3 cm³/mol. The first-order valence-electron chi connectivity index (χ1n) is 6.70. The quantitative estimate of drug-likeness (QED) is 0.812. The van der Waals surface area contributed by atoms with Gasteiger partial charge in [0.15, 0.2) is 0 Å². The van der Waals surface area contributed by atoms with Crippen molar-refractivity contribution in [1.82, 2.24) is 9.78 Å². The van der Waals surface area contributed by atoms with Gasteiger partial charge in [0.1, 0.15) is 5.82 Å². The Labute approximate surface area is 108 Å². The van der Waals surface area contributed by atoms with E-state index >= 15 is 0 Å². The highest BCUT2D eigenvalue weighted by Gasteiger charge is 2.16. The molecule has 1 heterocycles. The molecule has 98 valence electrons. The first-order valence-corrected chi connectivity index (χ1v) is 6.70. The van der Waals surface area contributed by atoms with Crippen LogP contribution in [0.3, 0.4) is 0 Å². The molecule has 1 aliphatic carbocycles. The van der Waals surface area contributed by atoms with Gasteiger partial charge in [-0.2, -0.15) is 5.10 Å². The summed E-state index contributed by atoms with van der Waals surface area (Å²) < 4.78 is 1.88. The van der Waals surface area contributed by atoms with Crippen LogP contribution >= 0.6 is 0 Å². The Balaban J connectivity index is 1.94. The van der Waals surface area contributed by atoms with Gasteiger partial charge in [0, 0.05) is 12.5 Å². The molecule has 2 rings (SSSR count). The van der Waals surface area contributed by atoms with Gasteiger partial charge in [0.25, 0.3) is 0 Å². The lowest BCUT2D eigenvalue weighted by Crippen LogP contribution is -2.19. The molecule has 1 N–H and O–H groups in total. The topological polar surface area (TPSA) is 46.9 Å². The van der Waals surface area contributed by atoms with Crippen LogP contribution in [0.25, 0.3) is 0 Å². The second-order valence-electron chi connectivity index (χ2n) is 4.94. The van der Waals surface area contributed by atoms with Gasteiger partial charge >= 0.3 is 0 Å². The zero-order valence-corrected chi connectivity index (χ0v) is 11.1. The van der Waals surface area contributed by atoms with Crippen molar-refractivity contribution in [3.63, 3.8) is 0 Å². The molecule has 2 atom stereocenters. The van der Waals surface area contributed by atoms with E-state index in [9.17, 15) is 4.79 Å². The third-order valence-electron chi connectivity index (χ3n) is 3.51. The first kappa shape index (κ1) is 12.9. The number of amides is 1. The van der Waals surface area contributed by atoms with Crippen LogP contribution in [0, 0.1) is 5.92 Å². The molecule has 0 fully saturated rings. The van der Waals surface area contributed by atoms with Crippen molar-refractivity contribution in [3.8, 4) is 0 Å². The number of hydrogen-bond acceptors (Lipinski definition) is 2. The molecule has 0 radical (unpaired) electrons. The predicted octanol–water partition coefficient (Wildman–Crippen LogP) is 3.15. The van der Waals surface area contributed by atoms with Gasteiger partial charge in [-0.1, -0.05) is 19.1 Å². The molecule has 0 saturated heterocycles. The summed E-state index contributed by atoms with van der Waals surface area (Å²) in [4.78, 5) is 11.9. The fraction of sp³-hybridized carbons (Fsp3) is 0.571. The fourth-order valence-electron chi connectivity index (χ4n) is 2.23. The molecule has 0 saturated carbocycles. The monoisotopic (exact) mass is 247 g/mol. The molecule has 18 heavy (non-hydrogen) atoms. The minimum absolute atomic E-state index is 0.0802. The Morgan fingerprint density at radius 1 is 1.67 bits per heavy atom. The van der Waals surface area contributed by atoms with Gasteiger partial charge in [-0.25, -0.2) is 4.68 Å². The molecule has 1 aromatic heterocycles. The van der Waals surface area contributed by atoms with E-state index in [2.05, 4.69) is 36.4 Å². The Morgan fingerprint density at radius 2 is 2.50 bits per heavy atom. The normalized spacial score (nSPS) is 20.0. The Bertz CT molecular complexity index is 436. The van der Waals surface area contributed by atoms with Gasteiger partial charge < -0.3 is 5.32 Å². The minimum atomic E-state index is 0.0802. The van der Waals surface area contributed by atoms with Crippen molar-refractivity contribution >= 4 is 11.7 Å². The summed E-state index contributed by atoms with van der Waals surface area (Å²) in [5.74, 6) is 1.29. The molecule has 4 nitrogen and oxygen atoms in total. The number of aromatic nitrogens is 2. The molecular weight excluding hydrogens is 226 g/mol. The molecule has 2 unspecified atom stereocenters. The minimum Gasteiger partial charge on any atom is -0.311 e. The van der Waals surface area contributed by atoms with Crippen LogP contribution in [-0.4, -0.2) is 15.7 Å². The SMILES string of the molecule is CCC(C)n1nccc1NC(=O)CC1C=CCC1. The van der Waals surface area contributed by atoms with Crippen LogP contribution in [0.1, 0.15) is 45.6 Å². The molecule has 0 bridgehead atoms. The van der Waals surface area contributed by atoms with Crippen LogP contribution in [0.15, 0.2) is 24.4 Å². The van der Waals surface area contributed by atoms with Crippen LogP contribution in [0.5, 0.6) is 0 Å². The molecule has 0 aromatic carbocycles. The summed E-state index contributed by atoms with van der Waals surface area (Å²) in [5.41, 5.74) is 0. The summed E-state index contributed by atoms with van der Waals surface area (Å²) in [6, 6.07) is 2.16. The van der Waals surface area contributed by atoms with E-state index in [4.69, 9.17) is 0 Å². The molecular formula is C14H21N3O. The highest BCUT2D eigenvalue weighted by Crippen LogP contribution is 2.22. The lowest BCUT2D eigenvalue weighted by atomic mass is 10.1. The van der Waals surface area contributed by atoms with Crippen LogP contribution < -0.4 is 5.32 Å². The van der Waals surface area contributed by atoms with E-state index in [1.165, 1.54) is 0 Å². The van der Waals surface area contributed by atoms with Crippen molar-refractivity contribution in [3.05, 3.63) is 24.4 Å². The van der Waals surface area contributed by atoms with Crippen LogP contribution in [0.2, 0.25) is 0 Å². The number of hydrogen-bond donors (Lipinski definition) is 1. The number of anilines is 1. The number of nitrogens with zero attached hydrogens (tertiary/aromatic N) is 2. The Kier molecular flexibility index (Phi) is 4.18. The van der Waals surface area contributed by atoms with Crippen molar-refractivity contribution in [1.29, 1.82) is 0 Å². The summed E-state index contributed by atoms with van der Waals surface area (Å²) in [6.07, 6.45) is 9.79. The van der Waals surface area contributed by atoms with Crippen molar-refractivity contribution in [2.24, 2.45) is 5.92 Å². The molecule has 1 aliphatic rings. The number of nitrogens with one attached hydrogen (secondary N) is 1. The zero-order chi connectivity index (χ0) is 13.0. The average molecular weight is 247 g/mol. The molecule has 0 aliphatic heterocycles. The van der Waals surface area contributed by atoms with Crippen molar-refractivity contribution < 1.29 is 4.79 Å². The lowest BCUT2D eigenvalue weighted by molar-refractivity contribution is -0.116. The van der Waals surface area contributed by atoms with Gasteiger partial charge in [-0.3, -0.25) is 4.79 Å². The van der Waals surface area contributed by atoms with Gasteiger partial charge in [0.05, 0.1) is 12.2 Å². The summed E-state index contributed by atoms with van der Waals surface area (Å²) in [5, 5.41) is 7.22. The number of rotatable bonds is 5. The smallest absolute Gasteiger partial charge is 0.226 e. The average Bonchev–Trinajstić information content (AvgIpc) is 2.99. The largest absolute Gasteiger partial charge is 0.311 e. The Morgan fingerprint density at radius 3 is 3.17 bits per heavy atom. The second-order valence-corrected chi connectivity index (χ2v) is 4.94. The summed E-state index contributed by atoms with van der Waals surface area (Å²) in [6.45, 7) is 4.21. The van der Waals surface area contributed by atoms with E-state index in [1.54, 1.807) is 6.20 Å². The van der Waals surface area contributed by atoms with Gasteiger partial charge in [-0.15, -0.1) is 0 Å². The van der Waals surface area contributed by atoms with Crippen LogP contribution in [0.4, 0.5) is 5.82 Å². The van der Waals surface area contributed by atoms with Gasteiger partial charge in [0.2, 0.25) is 5.91 Å². The summed E-state index contributed by atoms with van der Waals surface area (Å²) >= 11 is 0. The highest BCUT2D eigenvalue weighted by molar-refractivity contribution is 5.90. The maximum absolute atomic E-state index is 11.9. The number of carbonyl (C=O) groups excluding carboxylic acids is 1. The maximum Gasteiger partial charge on any atom is 0.226 e. The maximum atomic E-state index is 11.9. The van der Waals surface area contributed by atoms with E-state index < -0.39 is 0 Å². The zero-order valence-electron chi connectivity index (χ0n) is 11.1. The molecule has 1 amide bonds. The van der Waals surface area contributed by atoms with E-state index in [0.717, 1.165) is 25.1 Å². The second kappa shape index (κ2) is 5.85. The summed E-state index contributed by atoms with van der Waals surface area (Å²) in [7, 11) is 0. The van der Waals surface area contributed by atoms with Crippen molar-refractivity contribution in [2.45, 2.75) is 45.6 Å². The van der Waals surface area contributed by atoms with E-state index in [1.807, 2.05) is 10.7 Å². The number of allylic oxidation sites excluding steroid dienone is 2. The van der Waals surface area contributed by atoms with E-state index in [-0.39, 0.29) is 5.91 Å². The standard InChI is InChI=1S/C14H21N3O/c1-3-11(2)17-13(8-9-15-17)16-14(18)10-12-6-4-5-7-12/h4,6,8-9,11-12H,3,5,7,10H2,1-2H3,(H,16,18).